The van der Waals surface area contributed by atoms with E-state index in [-0.39, 0.29) is 11.3 Å². The largest absolute Gasteiger partial charge is 0.313 e. The van der Waals surface area contributed by atoms with Crippen LogP contribution in [0, 0.1) is 0 Å². The van der Waals surface area contributed by atoms with Gasteiger partial charge >= 0.3 is 0 Å². The number of carbonyl (C=O) groups excluding carboxylic acids is 1. The number of carbonyl (C=O) groups is 1. The van der Waals surface area contributed by atoms with Gasteiger partial charge in [-0.1, -0.05) is 12.1 Å². The zero-order valence-electron chi connectivity index (χ0n) is 12.5. The Hall–Kier alpha value is -2.31. The average molecular weight is 327 g/mol. The van der Waals surface area contributed by atoms with Crippen LogP contribution in [0.15, 0.2) is 46.8 Å². The fourth-order valence-electron chi connectivity index (χ4n) is 2.41. The lowest BCUT2D eigenvalue weighted by molar-refractivity contribution is -0.117. The second kappa shape index (κ2) is 7.30. The lowest BCUT2D eigenvalue weighted by Crippen LogP contribution is -2.26. The number of benzene rings is 1. The molecule has 0 amide bonds. The van der Waals surface area contributed by atoms with Crippen LogP contribution in [0.2, 0.25) is 0 Å². The summed E-state index contributed by atoms with van der Waals surface area (Å²) in [6.45, 7) is 1.15. The molecule has 0 aliphatic heterocycles. The molecule has 0 aliphatic rings. The number of Topliss-reactive ketones (excluding diaryl/α,β-unsaturated/α-hetero) is 1. The first kappa shape index (κ1) is 15.6. The van der Waals surface area contributed by atoms with Gasteiger partial charge in [-0.05, 0) is 35.6 Å². The molecule has 0 radical (unpaired) electrons. The van der Waals surface area contributed by atoms with Crippen molar-refractivity contribution in [2.75, 3.05) is 13.1 Å². The number of ketones is 1. The smallest absolute Gasteiger partial charge is 0.258 e. The Morgan fingerprint density at radius 2 is 2.22 bits per heavy atom. The minimum atomic E-state index is -0.164. The Morgan fingerprint density at radius 3 is 3.04 bits per heavy atom. The molecule has 2 heterocycles. The molecule has 0 saturated heterocycles. The van der Waals surface area contributed by atoms with Crippen molar-refractivity contribution in [3.05, 3.63) is 62.8 Å². The van der Waals surface area contributed by atoms with Crippen LogP contribution in [-0.4, -0.2) is 28.8 Å². The van der Waals surface area contributed by atoms with Crippen molar-refractivity contribution < 1.29 is 4.79 Å². The van der Waals surface area contributed by atoms with Crippen molar-refractivity contribution in [1.29, 1.82) is 0 Å². The highest BCUT2D eigenvalue weighted by Gasteiger charge is 2.06. The zero-order valence-corrected chi connectivity index (χ0v) is 13.4. The second-order valence-electron chi connectivity index (χ2n) is 5.30. The van der Waals surface area contributed by atoms with Gasteiger partial charge < -0.3 is 10.3 Å². The summed E-state index contributed by atoms with van der Waals surface area (Å²) in [4.78, 5) is 31.6. The van der Waals surface area contributed by atoms with Gasteiger partial charge in [0.25, 0.3) is 5.56 Å². The topological polar surface area (TPSA) is 74.8 Å². The van der Waals surface area contributed by atoms with Crippen LogP contribution < -0.4 is 10.9 Å². The molecule has 2 N–H and O–H groups in total. The molecule has 3 aromatic rings. The van der Waals surface area contributed by atoms with E-state index < -0.39 is 0 Å². The first-order chi connectivity index (χ1) is 11.2. The Labute approximate surface area is 137 Å². The second-order valence-corrected chi connectivity index (χ2v) is 6.34. The van der Waals surface area contributed by atoms with E-state index >= 15 is 0 Å². The van der Waals surface area contributed by atoms with Gasteiger partial charge in [-0.15, -0.1) is 11.3 Å². The molecule has 0 spiro atoms. The lowest BCUT2D eigenvalue weighted by Gasteiger charge is -2.05. The van der Waals surface area contributed by atoms with Crippen LogP contribution in [0.3, 0.4) is 0 Å². The van der Waals surface area contributed by atoms with Gasteiger partial charge in [0.2, 0.25) is 0 Å². The molecule has 6 heteroatoms. The van der Waals surface area contributed by atoms with Crippen LogP contribution >= 0.6 is 11.3 Å². The standard InChI is InChI=1S/C17H17N3O2S/c21-13(10-18-6-5-14-2-1-7-23-14)8-12-3-4-15-16(9-12)19-11-20-17(15)22/h1-4,7,9,11,18H,5-6,8,10H2,(H,19,20,22). The molecule has 118 valence electrons. The fraction of sp³-hybridized carbons (Fsp3) is 0.235. The summed E-state index contributed by atoms with van der Waals surface area (Å²) in [5, 5.41) is 5.77. The molecule has 3 rings (SSSR count). The van der Waals surface area contributed by atoms with E-state index in [4.69, 9.17) is 0 Å². The Bertz CT molecular complexity index is 856. The number of aromatic amines is 1. The van der Waals surface area contributed by atoms with E-state index in [2.05, 4.69) is 26.7 Å². The van der Waals surface area contributed by atoms with E-state index in [9.17, 15) is 9.59 Å². The number of hydrogen-bond acceptors (Lipinski definition) is 5. The predicted octanol–water partition coefficient (Wildman–Crippen LogP) is 1.93. The quantitative estimate of drug-likeness (QED) is 0.650. The van der Waals surface area contributed by atoms with Crippen LogP contribution in [0.1, 0.15) is 10.4 Å². The maximum Gasteiger partial charge on any atom is 0.258 e. The van der Waals surface area contributed by atoms with Gasteiger partial charge in [-0.25, -0.2) is 4.98 Å². The van der Waals surface area contributed by atoms with Crippen LogP contribution in [0.4, 0.5) is 0 Å². The van der Waals surface area contributed by atoms with Crippen molar-refractivity contribution in [2.45, 2.75) is 12.8 Å². The summed E-state index contributed by atoms with van der Waals surface area (Å²) < 4.78 is 0. The molecular formula is C17H17N3O2S. The molecule has 5 nitrogen and oxygen atoms in total. The molecule has 1 aromatic carbocycles. The summed E-state index contributed by atoms with van der Waals surface area (Å²) in [7, 11) is 0. The molecule has 0 bridgehead atoms. The minimum absolute atomic E-state index is 0.125. The van der Waals surface area contributed by atoms with Crippen molar-refractivity contribution in [3.63, 3.8) is 0 Å². The van der Waals surface area contributed by atoms with Crippen LogP contribution in [-0.2, 0) is 17.6 Å². The molecule has 0 saturated carbocycles. The van der Waals surface area contributed by atoms with Gasteiger partial charge in [-0.3, -0.25) is 9.59 Å². The molecule has 0 aliphatic carbocycles. The molecule has 23 heavy (non-hydrogen) atoms. The maximum absolute atomic E-state index is 12.0. The number of rotatable bonds is 7. The van der Waals surface area contributed by atoms with Crippen molar-refractivity contribution >= 4 is 28.0 Å². The lowest BCUT2D eigenvalue weighted by atomic mass is 10.1. The van der Waals surface area contributed by atoms with Gasteiger partial charge in [0.1, 0.15) is 0 Å². The first-order valence-corrected chi connectivity index (χ1v) is 8.31. The summed E-state index contributed by atoms with van der Waals surface area (Å²) in [6, 6.07) is 9.45. The molecular weight excluding hydrogens is 310 g/mol. The third-order valence-corrected chi connectivity index (χ3v) is 4.49. The Kier molecular flexibility index (Phi) is 4.95. The summed E-state index contributed by atoms with van der Waals surface area (Å²) >= 11 is 1.73. The van der Waals surface area contributed by atoms with E-state index in [1.165, 1.54) is 11.2 Å². The van der Waals surface area contributed by atoms with E-state index in [0.29, 0.717) is 23.9 Å². The summed E-state index contributed by atoms with van der Waals surface area (Å²) in [5.74, 6) is 0.125. The van der Waals surface area contributed by atoms with Crippen molar-refractivity contribution in [2.24, 2.45) is 0 Å². The Balaban J connectivity index is 1.52. The molecule has 2 aromatic heterocycles. The van der Waals surface area contributed by atoms with Crippen molar-refractivity contribution in [3.8, 4) is 0 Å². The van der Waals surface area contributed by atoms with Crippen molar-refractivity contribution in [1.82, 2.24) is 15.3 Å². The van der Waals surface area contributed by atoms with Gasteiger partial charge in [0, 0.05) is 17.8 Å². The van der Waals surface area contributed by atoms with Gasteiger partial charge in [0.05, 0.1) is 23.8 Å². The molecule has 0 unspecified atom stereocenters. The SMILES string of the molecule is O=C(CNCCc1cccs1)Cc1ccc2c(=O)[nH]cnc2c1. The molecule has 0 fully saturated rings. The van der Waals surface area contributed by atoms with Crippen LogP contribution in [0.25, 0.3) is 10.9 Å². The van der Waals surface area contributed by atoms with Gasteiger partial charge in [-0.2, -0.15) is 0 Å². The Morgan fingerprint density at radius 1 is 1.30 bits per heavy atom. The normalized spacial score (nSPS) is 11.0. The predicted molar refractivity (Wildman–Crippen MR) is 92.0 cm³/mol. The zero-order chi connectivity index (χ0) is 16.1. The van der Waals surface area contributed by atoms with Crippen LogP contribution in [0.5, 0.6) is 0 Å². The summed E-state index contributed by atoms with van der Waals surface area (Å²) in [5.41, 5.74) is 1.33. The average Bonchev–Trinajstić information content (AvgIpc) is 3.05. The minimum Gasteiger partial charge on any atom is -0.313 e. The number of H-pyrrole nitrogens is 1. The van der Waals surface area contributed by atoms with E-state index in [1.54, 1.807) is 23.5 Å². The number of hydrogen-bond donors (Lipinski definition) is 2. The third kappa shape index (κ3) is 4.12. The highest BCUT2D eigenvalue weighted by molar-refractivity contribution is 7.09. The van der Waals surface area contributed by atoms with E-state index in [1.807, 2.05) is 12.1 Å². The fourth-order valence-corrected chi connectivity index (χ4v) is 3.12. The summed E-state index contributed by atoms with van der Waals surface area (Å²) in [6.07, 6.45) is 2.66. The number of nitrogens with zero attached hydrogens (tertiary/aromatic N) is 1. The van der Waals surface area contributed by atoms with Gasteiger partial charge in [0.15, 0.2) is 5.78 Å². The number of thiophene rings is 1. The highest BCUT2D eigenvalue weighted by atomic mass is 32.1. The maximum atomic E-state index is 12.0. The van der Waals surface area contributed by atoms with E-state index in [0.717, 1.165) is 18.5 Å². The number of aromatic nitrogens is 2. The monoisotopic (exact) mass is 327 g/mol. The highest BCUT2D eigenvalue weighted by Crippen LogP contribution is 2.10. The molecule has 0 atom stereocenters. The number of fused-ring (bicyclic) bond motifs is 1. The third-order valence-electron chi connectivity index (χ3n) is 3.56. The first-order valence-electron chi connectivity index (χ1n) is 7.43. The number of nitrogens with one attached hydrogen (secondary N) is 2.